The summed E-state index contributed by atoms with van der Waals surface area (Å²) in [5, 5.41) is 7.69. The van der Waals surface area contributed by atoms with Gasteiger partial charge >= 0.3 is 0 Å². The summed E-state index contributed by atoms with van der Waals surface area (Å²) in [6, 6.07) is 9.02. The summed E-state index contributed by atoms with van der Waals surface area (Å²) in [4.78, 5) is 12.7. The van der Waals surface area contributed by atoms with E-state index < -0.39 is 15.8 Å². The molecule has 3 rings (SSSR count). The molecule has 1 N–H and O–H groups in total. The maximum Gasteiger partial charge on any atom is 0.270 e. The average Bonchev–Trinajstić information content (AvgIpc) is 3.06. The number of aromatic nitrogens is 2. The van der Waals surface area contributed by atoms with Gasteiger partial charge in [-0.3, -0.25) is 9.10 Å². The average molecular weight is 431 g/mol. The van der Waals surface area contributed by atoms with Gasteiger partial charge in [-0.15, -0.1) is 0 Å². The number of halogens is 1. The summed E-state index contributed by atoms with van der Waals surface area (Å²) in [6.07, 6.45) is 4.73. The van der Waals surface area contributed by atoms with E-state index in [1.807, 2.05) is 6.92 Å². The van der Waals surface area contributed by atoms with Crippen molar-refractivity contribution in [3.63, 3.8) is 0 Å². The van der Waals surface area contributed by atoms with Crippen LogP contribution in [-0.2, 0) is 10.0 Å². The minimum atomic E-state index is -3.51. The highest BCUT2D eigenvalue weighted by Gasteiger charge is 2.24. The SMILES string of the molecule is C/C=C/c1cc2c(C(=O)NC)n(-c3ccc(F)cc3)nc2cc1N(CC)S(C)(=O)=O. The Morgan fingerprint density at radius 1 is 1.27 bits per heavy atom. The second kappa shape index (κ2) is 8.27. The number of nitrogens with zero attached hydrogens (tertiary/aromatic N) is 3. The van der Waals surface area contributed by atoms with Crippen molar-refractivity contribution in [1.29, 1.82) is 0 Å². The largest absolute Gasteiger partial charge is 0.354 e. The summed E-state index contributed by atoms with van der Waals surface area (Å²) in [5.74, 6) is -0.766. The van der Waals surface area contributed by atoms with Crippen molar-refractivity contribution < 1.29 is 17.6 Å². The molecule has 0 saturated heterocycles. The fraction of sp³-hybridized carbons (Fsp3) is 0.238. The van der Waals surface area contributed by atoms with Crippen LogP contribution in [0.4, 0.5) is 10.1 Å². The quantitative estimate of drug-likeness (QED) is 0.650. The normalized spacial score (nSPS) is 11.9. The van der Waals surface area contributed by atoms with E-state index in [-0.39, 0.29) is 18.1 Å². The molecule has 1 aromatic heterocycles. The predicted molar refractivity (Wildman–Crippen MR) is 117 cm³/mol. The van der Waals surface area contributed by atoms with E-state index >= 15 is 0 Å². The Kier molecular flexibility index (Phi) is 5.93. The van der Waals surface area contributed by atoms with Crippen molar-refractivity contribution in [3.8, 4) is 5.69 Å². The molecule has 0 aliphatic rings. The van der Waals surface area contributed by atoms with Crippen LogP contribution >= 0.6 is 0 Å². The number of hydrogen-bond acceptors (Lipinski definition) is 4. The monoisotopic (exact) mass is 430 g/mol. The number of carbonyl (C=O) groups is 1. The molecule has 7 nitrogen and oxygen atoms in total. The number of hydrogen-bond donors (Lipinski definition) is 1. The Labute approximate surface area is 174 Å². The van der Waals surface area contributed by atoms with Gasteiger partial charge in [0.05, 0.1) is 23.1 Å². The molecule has 0 radical (unpaired) electrons. The van der Waals surface area contributed by atoms with Gasteiger partial charge in [-0.05, 0) is 55.8 Å². The fourth-order valence-corrected chi connectivity index (χ4v) is 4.34. The van der Waals surface area contributed by atoms with Gasteiger partial charge < -0.3 is 5.32 Å². The molecule has 0 bridgehead atoms. The number of anilines is 1. The van der Waals surface area contributed by atoms with Crippen LogP contribution in [0.5, 0.6) is 0 Å². The van der Waals surface area contributed by atoms with E-state index in [9.17, 15) is 17.6 Å². The van der Waals surface area contributed by atoms with Gasteiger partial charge in [-0.25, -0.2) is 17.5 Å². The maximum atomic E-state index is 13.4. The first-order valence-electron chi connectivity index (χ1n) is 9.36. The third kappa shape index (κ3) is 3.93. The third-order valence-electron chi connectivity index (χ3n) is 4.64. The molecular formula is C21H23FN4O3S. The Bertz CT molecular complexity index is 1230. The predicted octanol–water partition coefficient (Wildman–Crippen LogP) is 3.34. The molecule has 1 heterocycles. The van der Waals surface area contributed by atoms with Crippen LogP contribution in [0.1, 0.15) is 29.9 Å². The van der Waals surface area contributed by atoms with Crippen LogP contribution in [0.15, 0.2) is 42.5 Å². The standard InChI is InChI=1S/C21H23FN4O3S/c1-5-7-14-12-17-18(13-19(14)25(6-2)30(4,28)29)24-26(20(17)21(27)23-3)16-10-8-15(22)9-11-16/h5,7-13H,6H2,1-4H3,(H,23,27)/b7-5+. The van der Waals surface area contributed by atoms with Crippen LogP contribution in [0.3, 0.4) is 0 Å². The minimum absolute atomic E-state index is 0.246. The van der Waals surface area contributed by atoms with E-state index in [4.69, 9.17) is 0 Å². The lowest BCUT2D eigenvalue weighted by molar-refractivity contribution is 0.0957. The number of carbonyl (C=O) groups excluding carboxylic acids is 1. The first-order valence-corrected chi connectivity index (χ1v) is 11.2. The first kappa shape index (κ1) is 21.5. The molecule has 0 atom stereocenters. The molecule has 0 aliphatic carbocycles. The Hall–Kier alpha value is -3.20. The van der Waals surface area contributed by atoms with Crippen LogP contribution in [0, 0.1) is 5.82 Å². The summed E-state index contributed by atoms with van der Waals surface area (Å²) >= 11 is 0. The number of sulfonamides is 1. The second-order valence-electron chi connectivity index (χ2n) is 6.67. The molecule has 0 unspecified atom stereocenters. The zero-order valence-corrected chi connectivity index (χ0v) is 18.0. The molecule has 158 valence electrons. The van der Waals surface area contributed by atoms with Crippen LogP contribution < -0.4 is 9.62 Å². The second-order valence-corrected chi connectivity index (χ2v) is 8.58. The van der Waals surface area contributed by atoms with Gasteiger partial charge in [0.15, 0.2) is 0 Å². The van der Waals surface area contributed by atoms with Gasteiger partial charge in [0.25, 0.3) is 5.91 Å². The highest BCUT2D eigenvalue weighted by molar-refractivity contribution is 7.92. The molecule has 2 aromatic carbocycles. The molecule has 3 aromatic rings. The van der Waals surface area contributed by atoms with Gasteiger partial charge in [0.1, 0.15) is 11.5 Å². The van der Waals surface area contributed by atoms with Gasteiger partial charge in [0, 0.05) is 19.0 Å². The first-order chi connectivity index (χ1) is 14.2. The van der Waals surface area contributed by atoms with Crippen molar-refractivity contribution in [2.75, 3.05) is 24.2 Å². The van der Waals surface area contributed by atoms with Crippen molar-refractivity contribution in [2.45, 2.75) is 13.8 Å². The summed E-state index contributed by atoms with van der Waals surface area (Å²) < 4.78 is 40.7. The fourth-order valence-electron chi connectivity index (χ4n) is 3.36. The number of benzene rings is 2. The maximum absolute atomic E-state index is 13.4. The Morgan fingerprint density at radius 3 is 2.47 bits per heavy atom. The molecule has 30 heavy (non-hydrogen) atoms. The van der Waals surface area contributed by atoms with Crippen molar-refractivity contribution in [3.05, 3.63) is 59.5 Å². The lowest BCUT2D eigenvalue weighted by Crippen LogP contribution is -2.30. The molecular weight excluding hydrogens is 407 g/mol. The number of rotatable bonds is 6. The molecule has 0 aliphatic heterocycles. The molecule has 9 heteroatoms. The van der Waals surface area contributed by atoms with Crippen molar-refractivity contribution in [2.24, 2.45) is 0 Å². The zero-order valence-electron chi connectivity index (χ0n) is 17.2. The Morgan fingerprint density at radius 2 is 1.93 bits per heavy atom. The number of nitrogens with one attached hydrogen (secondary N) is 1. The zero-order chi connectivity index (χ0) is 22.1. The van der Waals surface area contributed by atoms with Crippen molar-refractivity contribution in [1.82, 2.24) is 15.1 Å². The molecule has 0 fully saturated rings. The summed E-state index contributed by atoms with van der Waals surface area (Å²) in [7, 11) is -2.00. The van der Waals surface area contributed by atoms with Crippen molar-refractivity contribution >= 4 is 38.6 Å². The van der Waals surface area contributed by atoms with E-state index in [1.54, 1.807) is 31.2 Å². The minimum Gasteiger partial charge on any atom is -0.354 e. The van der Waals surface area contributed by atoms with Crippen LogP contribution in [-0.4, -0.2) is 44.0 Å². The highest BCUT2D eigenvalue weighted by Crippen LogP contribution is 2.32. The van der Waals surface area contributed by atoms with E-state index in [0.29, 0.717) is 27.8 Å². The summed E-state index contributed by atoms with van der Waals surface area (Å²) in [6.45, 7) is 3.82. The highest BCUT2D eigenvalue weighted by atomic mass is 32.2. The van der Waals surface area contributed by atoms with Crippen LogP contribution in [0.2, 0.25) is 0 Å². The lowest BCUT2D eigenvalue weighted by atomic mass is 10.1. The van der Waals surface area contributed by atoms with Crippen LogP contribution in [0.25, 0.3) is 22.7 Å². The topological polar surface area (TPSA) is 84.3 Å². The van der Waals surface area contributed by atoms with E-state index in [2.05, 4.69) is 10.4 Å². The van der Waals surface area contributed by atoms with Gasteiger partial charge in [-0.2, -0.15) is 5.10 Å². The van der Waals surface area contributed by atoms with E-state index in [1.165, 1.54) is 40.3 Å². The number of fused-ring (bicyclic) bond motifs is 1. The smallest absolute Gasteiger partial charge is 0.270 e. The molecule has 0 saturated carbocycles. The lowest BCUT2D eigenvalue weighted by Gasteiger charge is -2.22. The Balaban J connectivity index is 2.38. The molecule has 1 amide bonds. The molecule has 0 spiro atoms. The van der Waals surface area contributed by atoms with Gasteiger partial charge in [-0.1, -0.05) is 12.2 Å². The third-order valence-corrected chi connectivity index (χ3v) is 5.89. The van der Waals surface area contributed by atoms with E-state index in [0.717, 1.165) is 6.26 Å². The van der Waals surface area contributed by atoms with Gasteiger partial charge in [0.2, 0.25) is 10.0 Å². The summed E-state index contributed by atoms with van der Waals surface area (Å²) in [5.41, 5.74) is 2.34. The number of allylic oxidation sites excluding steroid dienone is 1. The number of amides is 1.